The summed E-state index contributed by atoms with van der Waals surface area (Å²) in [4.78, 5) is 25.8. The van der Waals surface area contributed by atoms with Gasteiger partial charge in [0.05, 0.1) is 6.26 Å². The van der Waals surface area contributed by atoms with Crippen molar-refractivity contribution in [1.29, 1.82) is 0 Å². The summed E-state index contributed by atoms with van der Waals surface area (Å²) in [7, 11) is 1.54. The number of nitrogens with zero attached hydrogens (tertiary/aromatic N) is 2. The van der Waals surface area contributed by atoms with Gasteiger partial charge in [-0.25, -0.2) is 4.79 Å². The van der Waals surface area contributed by atoms with Crippen LogP contribution in [0.5, 0.6) is 0 Å². The van der Waals surface area contributed by atoms with Crippen LogP contribution in [0.3, 0.4) is 0 Å². The van der Waals surface area contributed by atoms with Gasteiger partial charge in [-0.15, -0.1) is 0 Å². The Bertz CT molecular complexity index is 699. The zero-order valence-corrected chi connectivity index (χ0v) is 12.9. The van der Waals surface area contributed by atoms with Crippen molar-refractivity contribution < 1.29 is 19.1 Å². The average molecular weight is 317 g/mol. The lowest BCUT2D eigenvalue weighted by molar-refractivity contribution is -0.151. The van der Waals surface area contributed by atoms with Gasteiger partial charge in [-0.3, -0.25) is 9.89 Å². The van der Waals surface area contributed by atoms with Gasteiger partial charge in [0.15, 0.2) is 11.5 Å². The van der Waals surface area contributed by atoms with Crippen molar-refractivity contribution in [2.45, 2.75) is 37.6 Å². The lowest BCUT2D eigenvalue weighted by Crippen LogP contribution is -2.56. The summed E-state index contributed by atoms with van der Waals surface area (Å²) in [6.07, 6.45) is 5.09. The normalized spacial score (nSPS) is 16.9. The molecule has 2 aromatic rings. The molecule has 2 N–H and O–H groups in total. The van der Waals surface area contributed by atoms with Crippen molar-refractivity contribution in [2.75, 3.05) is 7.05 Å². The van der Waals surface area contributed by atoms with E-state index >= 15 is 0 Å². The van der Waals surface area contributed by atoms with Crippen LogP contribution < -0.4 is 0 Å². The molecule has 0 aliphatic heterocycles. The minimum absolute atomic E-state index is 0.185. The standard InChI is InChI=1S/C16H19N3O4/c1-19(16(15(21)22)7-3-2-4-8-16)14(20)12-10-11(17-18-12)13-6-5-9-23-13/h5-6,9-10H,2-4,7-8H2,1H3,(H,17,18)(H,21,22). The van der Waals surface area contributed by atoms with Crippen molar-refractivity contribution in [2.24, 2.45) is 0 Å². The molecular formula is C16H19N3O4. The van der Waals surface area contributed by atoms with Gasteiger partial charge in [-0.05, 0) is 25.0 Å². The molecule has 0 unspecified atom stereocenters. The molecule has 0 spiro atoms. The summed E-state index contributed by atoms with van der Waals surface area (Å²) < 4.78 is 5.26. The monoisotopic (exact) mass is 317 g/mol. The van der Waals surface area contributed by atoms with Gasteiger partial charge < -0.3 is 14.4 Å². The van der Waals surface area contributed by atoms with E-state index in [4.69, 9.17) is 4.42 Å². The van der Waals surface area contributed by atoms with E-state index in [-0.39, 0.29) is 5.69 Å². The molecule has 2 aromatic heterocycles. The van der Waals surface area contributed by atoms with E-state index < -0.39 is 17.4 Å². The summed E-state index contributed by atoms with van der Waals surface area (Å²) >= 11 is 0. The number of hydrogen-bond acceptors (Lipinski definition) is 4. The molecule has 0 saturated heterocycles. The van der Waals surface area contributed by atoms with Gasteiger partial charge >= 0.3 is 5.97 Å². The predicted octanol–water partition coefficient (Wildman–Crippen LogP) is 2.53. The number of carboxylic acids is 1. The van der Waals surface area contributed by atoms with Crippen LogP contribution in [-0.4, -0.2) is 44.7 Å². The molecule has 3 rings (SSSR count). The third kappa shape index (κ3) is 2.62. The molecule has 7 nitrogen and oxygen atoms in total. The van der Waals surface area contributed by atoms with E-state index in [0.717, 1.165) is 19.3 Å². The van der Waals surface area contributed by atoms with Gasteiger partial charge in [-0.2, -0.15) is 5.10 Å². The summed E-state index contributed by atoms with van der Waals surface area (Å²) in [5.74, 6) is -0.775. The second-order valence-corrected chi connectivity index (χ2v) is 5.91. The van der Waals surface area contributed by atoms with E-state index in [1.54, 1.807) is 25.2 Å². The third-order valence-corrected chi connectivity index (χ3v) is 4.61. The number of hydrogen-bond donors (Lipinski definition) is 2. The Morgan fingerprint density at radius 3 is 2.70 bits per heavy atom. The number of aromatic amines is 1. The number of furan rings is 1. The van der Waals surface area contributed by atoms with Crippen LogP contribution in [-0.2, 0) is 4.79 Å². The number of aromatic nitrogens is 2. The highest BCUT2D eigenvalue weighted by molar-refractivity contribution is 5.97. The van der Waals surface area contributed by atoms with Crippen molar-refractivity contribution in [3.05, 3.63) is 30.2 Å². The summed E-state index contributed by atoms with van der Waals surface area (Å²) in [5.41, 5.74) is -0.371. The van der Waals surface area contributed by atoms with Gasteiger partial charge in [-0.1, -0.05) is 19.3 Å². The first-order valence-electron chi connectivity index (χ1n) is 7.65. The van der Waals surface area contributed by atoms with Gasteiger partial charge in [0, 0.05) is 13.1 Å². The van der Waals surface area contributed by atoms with E-state index in [1.807, 2.05) is 0 Å². The number of amides is 1. The number of rotatable bonds is 4. The zero-order chi connectivity index (χ0) is 16.4. The molecule has 0 radical (unpaired) electrons. The van der Waals surface area contributed by atoms with Crippen LogP contribution in [0.1, 0.15) is 42.6 Å². The van der Waals surface area contributed by atoms with Gasteiger partial charge in [0.1, 0.15) is 11.2 Å². The van der Waals surface area contributed by atoms with Crippen LogP contribution >= 0.6 is 0 Å². The number of aliphatic carboxylic acids is 1. The van der Waals surface area contributed by atoms with Crippen molar-refractivity contribution in [3.8, 4) is 11.5 Å². The van der Waals surface area contributed by atoms with Crippen LogP contribution in [0.2, 0.25) is 0 Å². The first-order valence-corrected chi connectivity index (χ1v) is 7.65. The molecule has 23 heavy (non-hydrogen) atoms. The maximum absolute atomic E-state index is 12.7. The molecule has 1 saturated carbocycles. The number of carbonyl (C=O) groups excluding carboxylic acids is 1. The molecule has 0 aromatic carbocycles. The highest BCUT2D eigenvalue weighted by Gasteiger charge is 2.46. The smallest absolute Gasteiger partial charge is 0.329 e. The molecule has 7 heteroatoms. The molecule has 0 bridgehead atoms. The molecule has 122 valence electrons. The lowest BCUT2D eigenvalue weighted by Gasteiger charge is -2.40. The van der Waals surface area contributed by atoms with Crippen molar-refractivity contribution in [3.63, 3.8) is 0 Å². The van der Waals surface area contributed by atoms with Crippen LogP contribution in [0.25, 0.3) is 11.5 Å². The summed E-state index contributed by atoms with van der Waals surface area (Å²) in [6.45, 7) is 0. The van der Waals surface area contributed by atoms with Crippen LogP contribution in [0.4, 0.5) is 0 Å². The number of nitrogens with one attached hydrogen (secondary N) is 1. The number of H-pyrrole nitrogens is 1. The van der Waals surface area contributed by atoms with Crippen molar-refractivity contribution in [1.82, 2.24) is 15.1 Å². The Hall–Kier alpha value is -2.57. The van der Waals surface area contributed by atoms with E-state index in [2.05, 4.69) is 10.2 Å². The Labute approximate surface area is 133 Å². The third-order valence-electron chi connectivity index (χ3n) is 4.61. The Balaban J connectivity index is 1.85. The van der Waals surface area contributed by atoms with Crippen molar-refractivity contribution >= 4 is 11.9 Å². The topological polar surface area (TPSA) is 99.4 Å². The van der Waals surface area contributed by atoms with Crippen LogP contribution in [0.15, 0.2) is 28.9 Å². The highest BCUT2D eigenvalue weighted by Crippen LogP contribution is 2.34. The molecule has 1 aliphatic carbocycles. The van der Waals surface area contributed by atoms with Crippen LogP contribution in [0, 0.1) is 0 Å². The number of carboxylic acid groups (broad SMARTS) is 1. The largest absolute Gasteiger partial charge is 0.479 e. The Kier molecular flexibility index (Phi) is 3.94. The molecule has 2 heterocycles. The highest BCUT2D eigenvalue weighted by atomic mass is 16.4. The Morgan fingerprint density at radius 2 is 2.09 bits per heavy atom. The van der Waals surface area contributed by atoms with E-state index in [0.29, 0.717) is 24.3 Å². The second kappa shape index (κ2) is 5.91. The SMILES string of the molecule is CN(C(=O)c1cc(-c2ccco2)[nH]n1)C1(C(=O)O)CCCCC1. The number of carbonyl (C=O) groups is 2. The quantitative estimate of drug-likeness (QED) is 0.902. The molecular weight excluding hydrogens is 298 g/mol. The lowest BCUT2D eigenvalue weighted by atomic mass is 9.80. The second-order valence-electron chi connectivity index (χ2n) is 5.91. The number of likely N-dealkylation sites (N-methyl/N-ethyl adjacent to an activating group) is 1. The molecule has 1 fully saturated rings. The zero-order valence-electron chi connectivity index (χ0n) is 12.9. The first-order chi connectivity index (χ1) is 11.0. The summed E-state index contributed by atoms with van der Waals surface area (Å²) in [5, 5.41) is 16.4. The average Bonchev–Trinajstić information content (AvgIpc) is 3.24. The fourth-order valence-electron chi connectivity index (χ4n) is 3.18. The van der Waals surface area contributed by atoms with E-state index in [1.165, 1.54) is 11.2 Å². The minimum Gasteiger partial charge on any atom is -0.479 e. The maximum Gasteiger partial charge on any atom is 0.329 e. The predicted molar refractivity (Wildman–Crippen MR) is 81.8 cm³/mol. The maximum atomic E-state index is 12.7. The first kappa shape index (κ1) is 15.3. The minimum atomic E-state index is -1.14. The molecule has 1 aliphatic rings. The van der Waals surface area contributed by atoms with Gasteiger partial charge in [0.2, 0.25) is 0 Å². The Morgan fingerprint density at radius 1 is 1.35 bits per heavy atom. The summed E-state index contributed by atoms with van der Waals surface area (Å²) in [6, 6.07) is 5.08. The molecule has 0 atom stereocenters. The fourth-order valence-corrected chi connectivity index (χ4v) is 3.18. The fraction of sp³-hybridized carbons (Fsp3) is 0.438. The van der Waals surface area contributed by atoms with E-state index in [9.17, 15) is 14.7 Å². The van der Waals surface area contributed by atoms with Gasteiger partial charge in [0.25, 0.3) is 5.91 Å². The molecule has 1 amide bonds.